The van der Waals surface area contributed by atoms with E-state index in [-0.39, 0.29) is 5.78 Å². The lowest BCUT2D eigenvalue weighted by molar-refractivity contribution is 0.0989. The van der Waals surface area contributed by atoms with E-state index in [1.54, 1.807) is 4.68 Å². The highest BCUT2D eigenvalue weighted by Gasteiger charge is 2.16. The zero-order chi connectivity index (χ0) is 14.1. The third-order valence-electron chi connectivity index (χ3n) is 3.63. The third-order valence-corrected chi connectivity index (χ3v) is 3.63. The van der Waals surface area contributed by atoms with E-state index in [0.29, 0.717) is 12.1 Å². The summed E-state index contributed by atoms with van der Waals surface area (Å²) in [5, 5.41) is 5.31. The topological polar surface area (TPSA) is 34.9 Å². The van der Waals surface area contributed by atoms with Crippen LogP contribution in [0.3, 0.4) is 0 Å². The summed E-state index contributed by atoms with van der Waals surface area (Å²) in [7, 11) is 1.87. The molecular formula is C17H16N2O. The Morgan fingerprint density at radius 1 is 1.10 bits per heavy atom. The molecule has 0 bridgehead atoms. The molecule has 100 valence electrons. The number of ketones is 1. The molecule has 0 aliphatic heterocycles. The fourth-order valence-corrected chi connectivity index (χ4v) is 2.48. The molecule has 3 aromatic rings. The predicted octanol–water partition coefficient (Wildman–Crippen LogP) is 3.31. The van der Waals surface area contributed by atoms with Crippen LogP contribution in [0.15, 0.2) is 48.5 Å². The number of fused-ring (bicyclic) bond motifs is 1. The molecule has 0 saturated carbocycles. The van der Waals surface area contributed by atoms with Gasteiger partial charge < -0.3 is 0 Å². The minimum absolute atomic E-state index is 0.0658. The van der Waals surface area contributed by atoms with E-state index in [9.17, 15) is 4.79 Å². The van der Waals surface area contributed by atoms with Crippen molar-refractivity contribution >= 4 is 16.7 Å². The van der Waals surface area contributed by atoms with Crippen LogP contribution < -0.4 is 0 Å². The van der Waals surface area contributed by atoms with Gasteiger partial charge in [0, 0.05) is 18.9 Å². The average Bonchev–Trinajstić information content (AvgIpc) is 2.79. The first-order valence-corrected chi connectivity index (χ1v) is 6.66. The second kappa shape index (κ2) is 4.93. The number of Topliss-reactive ketones (excluding diaryl/α,β-unsaturated/α-hetero) is 1. The second-order valence-electron chi connectivity index (χ2n) is 5.02. The van der Waals surface area contributed by atoms with Gasteiger partial charge >= 0.3 is 0 Å². The van der Waals surface area contributed by atoms with Crippen LogP contribution >= 0.6 is 0 Å². The van der Waals surface area contributed by atoms with Crippen molar-refractivity contribution < 1.29 is 4.79 Å². The Hall–Kier alpha value is -2.42. The number of nitrogens with zero attached hydrogens (tertiary/aromatic N) is 2. The van der Waals surface area contributed by atoms with Gasteiger partial charge in [0.25, 0.3) is 0 Å². The minimum Gasteiger partial charge on any atom is -0.292 e. The van der Waals surface area contributed by atoms with Gasteiger partial charge in [-0.15, -0.1) is 0 Å². The molecular weight excluding hydrogens is 248 g/mol. The van der Waals surface area contributed by atoms with E-state index in [1.807, 2.05) is 62.5 Å². The number of aromatic nitrogens is 2. The van der Waals surface area contributed by atoms with Crippen molar-refractivity contribution in [1.29, 1.82) is 0 Å². The number of rotatable bonds is 3. The van der Waals surface area contributed by atoms with Crippen molar-refractivity contribution in [2.75, 3.05) is 0 Å². The summed E-state index contributed by atoms with van der Waals surface area (Å²) in [6.07, 6.45) is 0.397. The molecule has 1 heterocycles. The van der Waals surface area contributed by atoms with Crippen molar-refractivity contribution in [2.24, 2.45) is 7.05 Å². The van der Waals surface area contributed by atoms with Gasteiger partial charge in [-0.2, -0.15) is 5.10 Å². The zero-order valence-electron chi connectivity index (χ0n) is 11.6. The molecule has 0 aliphatic rings. The molecule has 3 nitrogen and oxygen atoms in total. The van der Waals surface area contributed by atoms with E-state index < -0.39 is 0 Å². The summed E-state index contributed by atoms with van der Waals surface area (Å²) >= 11 is 0. The maximum atomic E-state index is 12.5. The molecule has 3 heteroatoms. The molecule has 20 heavy (non-hydrogen) atoms. The van der Waals surface area contributed by atoms with E-state index >= 15 is 0 Å². The maximum Gasteiger partial charge on any atom is 0.188 e. The molecule has 0 atom stereocenters. The number of aryl methyl sites for hydroxylation is 2. The van der Waals surface area contributed by atoms with Gasteiger partial charge in [0.15, 0.2) is 5.78 Å². The summed E-state index contributed by atoms with van der Waals surface area (Å²) in [5.74, 6) is 0.0658. The SMILES string of the molecule is Cc1ccccc1CC(=O)c1nn(C)c2ccccc12. The molecule has 0 saturated heterocycles. The quantitative estimate of drug-likeness (QED) is 0.680. The third kappa shape index (κ3) is 2.11. The molecule has 0 spiro atoms. The van der Waals surface area contributed by atoms with Crippen LogP contribution in [0, 0.1) is 6.92 Å². The van der Waals surface area contributed by atoms with Gasteiger partial charge in [0.1, 0.15) is 5.69 Å². The minimum atomic E-state index is 0.0658. The summed E-state index contributed by atoms with van der Waals surface area (Å²) in [6.45, 7) is 2.03. The van der Waals surface area contributed by atoms with Gasteiger partial charge in [-0.25, -0.2) is 0 Å². The lowest BCUT2D eigenvalue weighted by Gasteiger charge is -2.03. The molecule has 2 aromatic carbocycles. The van der Waals surface area contributed by atoms with Gasteiger partial charge in [0.05, 0.1) is 5.52 Å². The molecule has 1 aromatic heterocycles. The highest BCUT2D eigenvalue weighted by Crippen LogP contribution is 2.19. The van der Waals surface area contributed by atoms with Gasteiger partial charge in [0.2, 0.25) is 0 Å². The Kier molecular flexibility index (Phi) is 3.11. The Morgan fingerprint density at radius 2 is 1.80 bits per heavy atom. The van der Waals surface area contributed by atoms with E-state index in [2.05, 4.69) is 5.10 Å². The van der Waals surface area contributed by atoms with E-state index in [1.165, 1.54) is 0 Å². The van der Waals surface area contributed by atoms with Crippen LogP contribution in [0.5, 0.6) is 0 Å². The van der Waals surface area contributed by atoms with E-state index in [4.69, 9.17) is 0 Å². The lowest BCUT2D eigenvalue weighted by Crippen LogP contribution is -2.06. The van der Waals surface area contributed by atoms with Gasteiger partial charge in [-0.3, -0.25) is 9.48 Å². The predicted molar refractivity (Wildman–Crippen MR) is 79.9 cm³/mol. The van der Waals surface area contributed by atoms with Gasteiger partial charge in [-0.1, -0.05) is 42.5 Å². The van der Waals surface area contributed by atoms with Crippen LogP contribution in [-0.2, 0) is 13.5 Å². The summed E-state index contributed by atoms with van der Waals surface area (Å²) < 4.78 is 1.76. The summed E-state index contributed by atoms with van der Waals surface area (Å²) in [5.41, 5.74) is 3.75. The maximum absolute atomic E-state index is 12.5. The Bertz CT molecular complexity index is 787. The fraction of sp³-hybridized carbons (Fsp3) is 0.176. The molecule has 3 rings (SSSR count). The first kappa shape index (κ1) is 12.6. The summed E-state index contributed by atoms with van der Waals surface area (Å²) in [6, 6.07) is 15.8. The molecule has 0 amide bonds. The normalized spacial score (nSPS) is 10.9. The van der Waals surface area contributed by atoms with Gasteiger partial charge in [-0.05, 0) is 24.1 Å². The van der Waals surface area contributed by atoms with Crippen molar-refractivity contribution in [1.82, 2.24) is 9.78 Å². The summed E-state index contributed by atoms with van der Waals surface area (Å²) in [4.78, 5) is 12.5. The van der Waals surface area contributed by atoms with Crippen molar-refractivity contribution in [3.05, 3.63) is 65.4 Å². The van der Waals surface area contributed by atoms with Crippen LogP contribution in [0.2, 0.25) is 0 Å². The smallest absolute Gasteiger partial charge is 0.188 e. The molecule has 0 N–H and O–H groups in total. The Balaban J connectivity index is 2.00. The standard InChI is InChI=1S/C17H16N2O/c1-12-7-3-4-8-13(12)11-16(20)17-14-9-5-6-10-15(14)19(2)18-17/h3-10H,11H2,1-2H3. The molecule has 0 radical (unpaired) electrons. The second-order valence-corrected chi connectivity index (χ2v) is 5.02. The monoisotopic (exact) mass is 264 g/mol. The first-order chi connectivity index (χ1) is 9.66. The Morgan fingerprint density at radius 3 is 2.60 bits per heavy atom. The number of hydrogen-bond acceptors (Lipinski definition) is 2. The van der Waals surface area contributed by atoms with E-state index in [0.717, 1.165) is 22.0 Å². The van der Waals surface area contributed by atoms with Crippen LogP contribution in [0.4, 0.5) is 0 Å². The lowest BCUT2D eigenvalue weighted by atomic mass is 10.0. The zero-order valence-corrected chi connectivity index (χ0v) is 11.6. The van der Waals surface area contributed by atoms with Crippen LogP contribution in [-0.4, -0.2) is 15.6 Å². The average molecular weight is 264 g/mol. The molecule has 0 fully saturated rings. The molecule has 0 aliphatic carbocycles. The highest BCUT2D eigenvalue weighted by atomic mass is 16.1. The number of para-hydroxylation sites is 1. The van der Waals surface area contributed by atoms with Crippen molar-refractivity contribution in [3.8, 4) is 0 Å². The van der Waals surface area contributed by atoms with Crippen LogP contribution in [0.1, 0.15) is 21.6 Å². The highest BCUT2D eigenvalue weighted by molar-refractivity contribution is 6.06. The largest absolute Gasteiger partial charge is 0.292 e. The number of carbonyl (C=O) groups is 1. The first-order valence-electron chi connectivity index (χ1n) is 6.66. The number of benzene rings is 2. The van der Waals surface area contributed by atoms with Crippen LogP contribution in [0.25, 0.3) is 10.9 Å². The fourth-order valence-electron chi connectivity index (χ4n) is 2.48. The van der Waals surface area contributed by atoms with Crippen molar-refractivity contribution in [3.63, 3.8) is 0 Å². The Labute approximate surface area is 117 Å². The number of carbonyl (C=O) groups excluding carboxylic acids is 1. The van der Waals surface area contributed by atoms with Crippen molar-refractivity contribution in [2.45, 2.75) is 13.3 Å². The molecule has 0 unspecified atom stereocenters. The number of hydrogen-bond donors (Lipinski definition) is 0.